The van der Waals surface area contributed by atoms with Crippen molar-refractivity contribution >= 4 is 0 Å². The molecule has 1 atom stereocenters. The summed E-state index contributed by atoms with van der Waals surface area (Å²) in [5, 5.41) is 3.84. The smallest absolute Gasteiger partial charge is 0.229 e. The molecular weight excluding hydrogens is 261 g/mol. The molecule has 1 heterocycles. The molecule has 0 bridgehead atoms. The summed E-state index contributed by atoms with van der Waals surface area (Å²) in [7, 11) is 0. The van der Waals surface area contributed by atoms with Gasteiger partial charge in [0.05, 0.1) is 0 Å². The van der Waals surface area contributed by atoms with Gasteiger partial charge in [0.1, 0.15) is 11.6 Å². The number of halogens is 1. The van der Waals surface area contributed by atoms with Crippen LogP contribution in [-0.4, -0.2) is 10.1 Å². The van der Waals surface area contributed by atoms with Crippen LogP contribution in [0.15, 0.2) is 22.7 Å². The first-order valence-electron chi connectivity index (χ1n) is 6.64. The Hall–Kier alpha value is -1.95. The van der Waals surface area contributed by atoms with Gasteiger partial charge in [0.25, 0.3) is 0 Å². The standard InChI is InChI=1S/C14H16FN3O2/c1-8(16)11-5-4-10(6-12(11)15)19-7-13-17-14(20-18-13)9-2-3-9/h4-6,8-9H,2-3,7,16H2,1H3. The van der Waals surface area contributed by atoms with E-state index in [1.165, 1.54) is 6.07 Å². The number of rotatable bonds is 5. The third-order valence-electron chi connectivity index (χ3n) is 3.24. The molecule has 1 unspecified atom stereocenters. The Kier molecular flexibility index (Phi) is 3.40. The van der Waals surface area contributed by atoms with E-state index in [2.05, 4.69) is 10.1 Å². The van der Waals surface area contributed by atoms with Crippen molar-refractivity contribution in [3.63, 3.8) is 0 Å². The van der Waals surface area contributed by atoms with Crippen molar-refractivity contribution < 1.29 is 13.7 Å². The lowest BCUT2D eigenvalue weighted by Crippen LogP contribution is -2.07. The second-order valence-electron chi connectivity index (χ2n) is 5.08. The van der Waals surface area contributed by atoms with Gasteiger partial charge in [-0.1, -0.05) is 11.2 Å². The van der Waals surface area contributed by atoms with Crippen molar-refractivity contribution in [2.75, 3.05) is 0 Å². The van der Waals surface area contributed by atoms with Crippen LogP contribution in [0.2, 0.25) is 0 Å². The minimum absolute atomic E-state index is 0.160. The summed E-state index contributed by atoms with van der Waals surface area (Å²) >= 11 is 0. The van der Waals surface area contributed by atoms with Crippen molar-refractivity contribution in [1.29, 1.82) is 0 Å². The SMILES string of the molecule is CC(N)c1ccc(OCc2noc(C3CC3)n2)cc1F. The highest BCUT2D eigenvalue weighted by Crippen LogP contribution is 2.38. The van der Waals surface area contributed by atoms with Crippen LogP contribution in [0.25, 0.3) is 0 Å². The van der Waals surface area contributed by atoms with Gasteiger partial charge in [-0.2, -0.15) is 4.98 Å². The average Bonchev–Trinajstić information content (AvgIpc) is 3.15. The lowest BCUT2D eigenvalue weighted by Gasteiger charge is -2.09. The molecule has 5 nitrogen and oxygen atoms in total. The highest BCUT2D eigenvalue weighted by molar-refractivity contribution is 5.30. The maximum Gasteiger partial charge on any atom is 0.229 e. The fourth-order valence-electron chi connectivity index (χ4n) is 1.94. The Morgan fingerprint density at radius 3 is 2.95 bits per heavy atom. The van der Waals surface area contributed by atoms with Crippen LogP contribution in [0.4, 0.5) is 4.39 Å². The van der Waals surface area contributed by atoms with Crippen molar-refractivity contribution in [3.05, 3.63) is 41.3 Å². The molecule has 20 heavy (non-hydrogen) atoms. The summed E-state index contributed by atoms with van der Waals surface area (Å²) in [5.74, 6) is 1.61. The number of benzene rings is 1. The molecule has 1 aromatic carbocycles. The van der Waals surface area contributed by atoms with Gasteiger partial charge >= 0.3 is 0 Å². The van der Waals surface area contributed by atoms with Gasteiger partial charge in [-0.05, 0) is 25.8 Å². The number of aromatic nitrogens is 2. The van der Waals surface area contributed by atoms with Crippen LogP contribution >= 0.6 is 0 Å². The number of nitrogens with zero attached hydrogens (tertiary/aromatic N) is 2. The Bertz CT molecular complexity index is 608. The van der Waals surface area contributed by atoms with E-state index in [9.17, 15) is 4.39 Å². The third-order valence-corrected chi connectivity index (χ3v) is 3.24. The summed E-state index contributed by atoms with van der Waals surface area (Å²) in [4.78, 5) is 4.24. The molecule has 0 amide bonds. The second-order valence-corrected chi connectivity index (χ2v) is 5.08. The van der Waals surface area contributed by atoms with Gasteiger partial charge in [0.2, 0.25) is 11.7 Å². The number of nitrogens with two attached hydrogens (primary N) is 1. The van der Waals surface area contributed by atoms with Crippen LogP contribution in [-0.2, 0) is 6.61 Å². The van der Waals surface area contributed by atoms with Crippen molar-refractivity contribution in [2.24, 2.45) is 5.73 Å². The molecular formula is C14H16FN3O2. The molecule has 1 aliphatic carbocycles. The largest absolute Gasteiger partial charge is 0.485 e. The zero-order chi connectivity index (χ0) is 14.1. The Morgan fingerprint density at radius 1 is 1.50 bits per heavy atom. The molecule has 0 spiro atoms. The predicted molar refractivity (Wildman–Crippen MR) is 69.6 cm³/mol. The van der Waals surface area contributed by atoms with Crippen LogP contribution in [0.1, 0.15) is 49.0 Å². The number of ether oxygens (including phenoxy) is 1. The molecule has 3 rings (SSSR count). The lowest BCUT2D eigenvalue weighted by molar-refractivity contribution is 0.283. The first kappa shape index (κ1) is 13.1. The molecule has 0 radical (unpaired) electrons. The lowest BCUT2D eigenvalue weighted by atomic mass is 10.1. The van der Waals surface area contributed by atoms with Gasteiger partial charge in [0.15, 0.2) is 6.61 Å². The number of hydrogen-bond donors (Lipinski definition) is 1. The van der Waals surface area contributed by atoms with E-state index in [1.54, 1.807) is 19.1 Å². The average molecular weight is 277 g/mol. The van der Waals surface area contributed by atoms with E-state index in [1.807, 2.05) is 0 Å². The third kappa shape index (κ3) is 2.80. The van der Waals surface area contributed by atoms with Gasteiger partial charge in [-0.3, -0.25) is 0 Å². The highest BCUT2D eigenvalue weighted by Gasteiger charge is 2.29. The summed E-state index contributed by atoms with van der Waals surface area (Å²) in [6.45, 7) is 1.89. The topological polar surface area (TPSA) is 74.2 Å². The molecule has 1 aliphatic rings. The number of hydrogen-bond acceptors (Lipinski definition) is 5. The van der Waals surface area contributed by atoms with E-state index >= 15 is 0 Å². The Morgan fingerprint density at radius 2 is 2.30 bits per heavy atom. The molecule has 0 saturated heterocycles. The minimum atomic E-state index is -0.371. The van der Waals surface area contributed by atoms with Gasteiger partial charge in [0, 0.05) is 23.6 Å². The quantitative estimate of drug-likeness (QED) is 0.909. The Balaban J connectivity index is 1.63. The van der Waals surface area contributed by atoms with Crippen LogP contribution < -0.4 is 10.5 Å². The highest BCUT2D eigenvalue weighted by atomic mass is 19.1. The van der Waals surface area contributed by atoms with E-state index in [-0.39, 0.29) is 18.5 Å². The van der Waals surface area contributed by atoms with E-state index in [0.717, 1.165) is 12.8 Å². The summed E-state index contributed by atoms with van der Waals surface area (Å²) < 4.78 is 24.3. The van der Waals surface area contributed by atoms with Gasteiger partial charge in [-0.25, -0.2) is 4.39 Å². The monoisotopic (exact) mass is 277 g/mol. The fraction of sp³-hybridized carbons (Fsp3) is 0.429. The van der Waals surface area contributed by atoms with Gasteiger partial charge in [-0.15, -0.1) is 0 Å². The fourth-order valence-corrected chi connectivity index (χ4v) is 1.94. The van der Waals surface area contributed by atoms with Crippen molar-refractivity contribution in [2.45, 2.75) is 38.3 Å². The first-order valence-corrected chi connectivity index (χ1v) is 6.64. The molecule has 0 aliphatic heterocycles. The summed E-state index contributed by atoms with van der Waals surface area (Å²) in [5.41, 5.74) is 6.12. The maximum atomic E-state index is 13.7. The van der Waals surface area contributed by atoms with Crippen LogP contribution in [0, 0.1) is 5.82 Å². The molecule has 1 fully saturated rings. The molecule has 106 valence electrons. The molecule has 2 aromatic rings. The molecule has 1 aromatic heterocycles. The van der Waals surface area contributed by atoms with Crippen LogP contribution in [0.5, 0.6) is 5.75 Å². The van der Waals surface area contributed by atoms with E-state index in [0.29, 0.717) is 28.9 Å². The zero-order valence-electron chi connectivity index (χ0n) is 11.2. The minimum Gasteiger partial charge on any atom is -0.485 e. The van der Waals surface area contributed by atoms with Crippen molar-refractivity contribution in [3.8, 4) is 5.75 Å². The predicted octanol–water partition coefficient (Wildman–Crippen LogP) is 2.68. The maximum absolute atomic E-state index is 13.7. The van der Waals surface area contributed by atoms with Crippen LogP contribution in [0.3, 0.4) is 0 Å². The summed E-state index contributed by atoms with van der Waals surface area (Å²) in [6, 6.07) is 4.29. The molecule has 1 saturated carbocycles. The zero-order valence-corrected chi connectivity index (χ0v) is 11.2. The molecule has 6 heteroatoms. The Labute approximate surface area is 115 Å². The summed E-state index contributed by atoms with van der Waals surface area (Å²) in [6.07, 6.45) is 2.21. The van der Waals surface area contributed by atoms with Gasteiger partial charge < -0.3 is 15.0 Å². The molecule has 2 N–H and O–H groups in total. The van der Waals surface area contributed by atoms with E-state index in [4.69, 9.17) is 15.0 Å². The first-order chi connectivity index (χ1) is 9.63. The van der Waals surface area contributed by atoms with Crippen molar-refractivity contribution in [1.82, 2.24) is 10.1 Å². The normalized spacial score (nSPS) is 16.1. The van der Waals surface area contributed by atoms with E-state index < -0.39 is 0 Å². The second kappa shape index (κ2) is 5.20.